The Labute approximate surface area is 135 Å². The van der Waals surface area contributed by atoms with E-state index in [0.717, 1.165) is 0 Å². The first kappa shape index (κ1) is 17.2. The average Bonchev–Trinajstić information content (AvgIpc) is 2.46. The van der Waals surface area contributed by atoms with Crippen LogP contribution in [0.25, 0.3) is 0 Å². The third-order valence-corrected chi connectivity index (χ3v) is 3.61. The number of benzene rings is 1. The van der Waals surface area contributed by atoms with Gasteiger partial charge in [0.05, 0.1) is 5.56 Å². The number of piperidine rings is 1. The number of amides is 2. The highest BCUT2D eigenvalue weighted by Gasteiger charge is 2.27. The fraction of sp³-hybridized carbons (Fsp3) is 0.529. The molecule has 0 aliphatic carbocycles. The summed E-state index contributed by atoms with van der Waals surface area (Å²) in [4.78, 5) is 25.7. The zero-order valence-electron chi connectivity index (χ0n) is 13.8. The summed E-state index contributed by atoms with van der Waals surface area (Å²) in [6.07, 6.45) is 0.801. The van der Waals surface area contributed by atoms with Crippen molar-refractivity contribution in [3.8, 4) is 0 Å². The molecule has 1 aromatic carbocycles. The number of likely N-dealkylation sites (tertiary alicyclic amines) is 1. The molecule has 0 atom stereocenters. The second-order valence-electron chi connectivity index (χ2n) is 6.69. The lowest BCUT2D eigenvalue weighted by atomic mass is 10.0. The summed E-state index contributed by atoms with van der Waals surface area (Å²) in [7, 11) is 0. The van der Waals surface area contributed by atoms with Crippen molar-refractivity contribution < 1.29 is 18.7 Å². The van der Waals surface area contributed by atoms with Gasteiger partial charge in [0.15, 0.2) is 0 Å². The Morgan fingerprint density at radius 2 is 1.83 bits per heavy atom. The van der Waals surface area contributed by atoms with E-state index in [1.54, 1.807) is 17.0 Å². The number of ether oxygens (including phenoxy) is 1. The van der Waals surface area contributed by atoms with E-state index in [0.29, 0.717) is 25.9 Å². The molecule has 1 N–H and O–H groups in total. The molecular weight excluding hydrogens is 299 g/mol. The number of halogens is 1. The fourth-order valence-electron chi connectivity index (χ4n) is 2.51. The summed E-state index contributed by atoms with van der Waals surface area (Å²) < 4.78 is 18.9. The molecule has 1 aliphatic rings. The van der Waals surface area contributed by atoms with E-state index in [1.165, 1.54) is 12.1 Å². The van der Waals surface area contributed by atoms with Gasteiger partial charge in [-0.2, -0.15) is 0 Å². The molecule has 1 fully saturated rings. The maximum absolute atomic E-state index is 13.7. The first-order chi connectivity index (χ1) is 10.8. The van der Waals surface area contributed by atoms with Gasteiger partial charge < -0.3 is 15.0 Å². The molecule has 126 valence electrons. The van der Waals surface area contributed by atoms with E-state index in [1.807, 2.05) is 20.8 Å². The number of hydrogen-bond acceptors (Lipinski definition) is 3. The molecule has 0 radical (unpaired) electrons. The highest BCUT2D eigenvalue weighted by atomic mass is 19.1. The van der Waals surface area contributed by atoms with Gasteiger partial charge in [0.25, 0.3) is 5.91 Å². The lowest BCUT2D eigenvalue weighted by molar-refractivity contribution is 0.0473. The van der Waals surface area contributed by atoms with Gasteiger partial charge in [-0.25, -0.2) is 9.18 Å². The van der Waals surface area contributed by atoms with Crippen LogP contribution >= 0.6 is 0 Å². The Hall–Kier alpha value is -2.11. The van der Waals surface area contributed by atoms with Gasteiger partial charge in [0.1, 0.15) is 11.4 Å². The van der Waals surface area contributed by atoms with Crippen LogP contribution in [0.4, 0.5) is 9.18 Å². The first-order valence-electron chi connectivity index (χ1n) is 7.79. The number of nitrogens with one attached hydrogen (secondary N) is 1. The van der Waals surface area contributed by atoms with Gasteiger partial charge >= 0.3 is 6.09 Å². The number of rotatable bonds is 2. The van der Waals surface area contributed by atoms with Crippen LogP contribution in [0.1, 0.15) is 44.0 Å². The highest BCUT2D eigenvalue weighted by Crippen LogP contribution is 2.16. The third kappa shape index (κ3) is 4.94. The van der Waals surface area contributed by atoms with Gasteiger partial charge in [-0.1, -0.05) is 12.1 Å². The van der Waals surface area contributed by atoms with Crippen molar-refractivity contribution in [2.45, 2.75) is 45.3 Å². The second-order valence-corrected chi connectivity index (χ2v) is 6.69. The molecule has 2 rings (SSSR count). The molecule has 5 nitrogen and oxygen atoms in total. The summed E-state index contributed by atoms with van der Waals surface area (Å²) in [6, 6.07) is 5.94. The van der Waals surface area contributed by atoms with Crippen LogP contribution in [0.3, 0.4) is 0 Å². The van der Waals surface area contributed by atoms with Crippen molar-refractivity contribution in [2.75, 3.05) is 13.1 Å². The Morgan fingerprint density at radius 1 is 1.22 bits per heavy atom. The normalized spacial score (nSPS) is 16.1. The van der Waals surface area contributed by atoms with E-state index in [4.69, 9.17) is 4.74 Å². The van der Waals surface area contributed by atoms with Crippen molar-refractivity contribution in [1.82, 2.24) is 10.2 Å². The van der Waals surface area contributed by atoms with Gasteiger partial charge in [-0.15, -0.1) is 0 Å². The summed E-state index contributed by atoms with van der Waals surface area (Å²) in [6.45, 7) is 6.38. The molecule has 0 bridgehead atoms. The van der Waals surface area contributed by atoms with Gasteiger partial charge in [-0.05, 0) is 45.7 Å². The van der Waals surface area contributed by atoms with Crippen LogP contribution in [0.15, 0.2) is 24.3 Å². The monoisotopic (exact) mass is 322 g/mol. The summed E-state index contributed by atoms with van der Waals surface area (Å²) >= 11 is 0. The molecule has 0 unspecified atom stereocenters. The average molecular weight is 322 g/mol. The second kappa shape index (κ2) is 6.98. The van der Waals surface area contributed by atoms with Crippen molar-refractivity contribution in [2.24, 2.45) is 0 Å². The first-order valence-corrected chi connectivity index (χ1v) is 7.79. The minimum atomic E-state index is -0.536. The molecule has 0 aromatic heterocycles. The number of nitrogens with zero attached hydrogens (tertiary/aromatic N) is 1. The molecule has 6 heteroatoms. The Kier molecular flexibility index (Phi) is 5.23. The summed E-state index contributed by atoms with van der Waals surface area (Å²) in [5.74, 6) is -0.815. The molecule has 1 heterocycles. The smallest absolute Gasteiger partial charge is 0.407 e. The van der Waals surface area contributed by atoms with Crippen molar-refractivity contribution in [3.63, 3.8) is 0 Å². The maximum atomic E-state index is 13.7. The third-order valence-electron chi connectivity index (χ3n) is 3.61. The molecular formula is C17H23FN2O3. The zero-order chi connectivity index (χ0) is 17.0. The number of carbonyl (C=O) groups excluding carboxylic acids is 2. The Morgan fingerprint density at radius 3 is 2.39 bits per heavy atom. The van der Waals surface area contributed by atoms with Gasteiger partial charge in [0, 0.05) is 19.1 Å². The number of alkyl carbamates (subject to hydrolysis) is 1. The van der Waals surface area contributed by atoms with Gasteiger partial charge in [0.2, 0.25) is 0 Å². The Balaban J connectivity index is 1.85. The molecule has 0 spiro atoms. The predicted molar refractivity (Wildman–Crippen MR) is 84.7 cm³/mol. The highest BCUT2D eigenvalue weighted by molar-refractivity contribution is 5.94. The van der Waals surface area contributed by atoms with E-state index in [9.17, 15) is 14.0 Å². The van der Waals surface area contributed by atoms with E-state index >= 15 is 0 Å². The molecule has 2 amide bonds. The van der Waals surface area contributed by atoms with Crippen LogP contribution in [-0.4, -0.2) is 41.6 Å². The van der Waals surface area contributed by atoms with Gasteiger partial charge in [-0.3, -0.25) is 4.79 Å². The molecule has 0 saturated carbocycles. The van der Waals surface area contributed by atoms with Crippen LogP contribution in [0.5, 0.6) is 0 Å². The molecule has 1 saturated heterocycles. The zero-order valence-corrected chi connectivity index (χ0v) is 13.8. The van der Waals surface area contributed by atoms with E-state index in [2.05, 4.69) is 5.32 Å². The molecule has 1 aliphatic heterocycles. The number of hydrogen-bond donors (Lipinski definition) is 1. The van der Waals surface area contributed by atoms with Crippen molar-refractivity contribution in [3.05, 3.63) is 35.6 Å². The standard InChI is InChI=1S/C17H23FN2O3/c1-17(2,3)23-16(22)19-12-8-10-20(11-9-12)15(21)13-6-4-5-7-14(13)18/h4-7,12H,8-11H2,1-3H3,(H,19,22). The lowest BCUT2D eigenvalue weighted by Gasteiger charge is -2.33. The Bertz CT molecular complexity index is 575. The number of carbonyl (C=O) groups is 2. The largest absolute Gasteiger partial charge is 0.444 e. The quantitative estimate of drug-likeness (QED) is 0.911. The summed E-state index contributed by atoms with van der Waals surface area (Å²) in [5, 5.41) is 2.81. The van der Waals surface area contributed by atoms with Crippen LogP contribution in [0, 0.1) is 5.82 Å². The lowest BCUT2D eigenvalue weighted by Crippen LogP contribution is -2.47. The van der Waals surface area contributed by atoms with Crippen LogP contribution in [0.2, 0.25) is 0 Å². The fourth-order valence-corrected chi connectivity index (χ4v) is 2.51. The molecule has 1 aromatic rings. The topological polar surface area (TPSA) is 58.6 Å². The van der Waals surface area contributed by atoms with E-state index < -0.39 is 17.5 Å². The van der Waals surface area contributed by atoms with Crippen LogP contribution in [-0.2, 0) is 4.74 Å². The van der Waals surface area contributed by atoms with Crippen molar-refractivity contribution >= 4 is 12.0 Å². The maximum Gasteiger partial charge on any atom is 0.407 e. The van der Waals surface area contributed by atoms with Crippen molar-refractivity contribution in [1.29, 1.82) is 0 Å². The summed E-state index contributed by atoms with van der Waals surface area (Å²) in [5.41, 5.74) is -0.447. The minimum Gasteiger partial charge on any atom is -0.444 e. The van der Waals surface area contributed by atoms with Crippen LogP contribution < -0.4 is 5.32 Å². The van der Waals surface area contributed by atoms with E-state index in [-0.39, 0.29) is 17.5 Å². The predicted octanol–water partition coefficient (Wildman–Crippen LogP) is 2.96. The minimum absolute atomic E-state index is 0.0329. The SMILES string of the molecule is CC(C)(C)OC(=O)NC1CCN(C(=O)c2ccccc2F)CC1. The molecule has 23 heavy (non-hydrogen) atoms.